The molecule has 0 saturated heterocycles. The summed E-state index contributed by atoms with van der Waals surface area (Å²) in [6.45, 7) is 3.01. The topological polar surface area (TPSA) is 171 Å². The van der Waals surface area contributed by atoms with Crippen LogP contribution in [0.3, 0.4) is 0 Å². The molecule has 4 heterocycles. The van der Waals surface area contributed by atoms with Gasteiger partial charge < -0.3 is 14.9 Å². The molecule has 1 aromatic carbocycles. The first-order valence-corrected chi connectivity index (χ1v) is 13.2. The van der Waals surface area contributed by atoms with Gasteiger partial charge in [0.2, 0.25) is 0 Å². The van der Waals surface area contributed by atoms with Crippen LogP contribution in [-0.2, 0) is 16.8 Å². The number of amides is 1. The number of esters is 1. The van der Waals surface area contributed by atoms with Crippen molar-refractivity contribution in [2.24, 2.45) is 5.73 Å². The Balaban J connectivity index is 1.51. The Bertz CT molecular complexity index is 1880. The Morgan fingerprint density at radius 2 is 1.82 bits per heavy atom. The van der Waals surface area contributed by atoms with Gasteiger partial charge in [-0.3, -0.25) is 19.9 Å². The minimum Gasteiger partial charge on any atom is -0.439 e. The van der Waals surface area contributed by atoms with Crippen molar-refractivity contribution >= 4 is 23.1 Å². The lowest BCUT2D eigenvalue weighted by Gasteiger charge is -2.33. The fourth-order valence-corrected chi connectivity index (χ4v) is 4.93. The number of H-pyrrole nitrogens is 1. The number of pyridine rings is 2. The standard InChI is InChI=1S/C29H24F3N7O5/c1-3-28(29(30,31)32,44-27(41)18-6-8-20(9-7-18)39(42)43)25-23(35-37-36-25)13-17-10-11-38-21(12-17)14-22(26(33)40)24(38)19-5-4-16(2)34-15-19/h4-12,14-15H,3,13H2,1-2H3,(H2,33,40)(H,35,36,37). The van der Waals surface area contributed by atoms with Crippen LogP contribution in [0.4, 0.5) is 18.9 Å². The van der Waals surface area contributed by atoms with Gasteiger partial charge in [-0.05, 0) is 61.4 Å². The average Bonchev–Trinajstić information content (AvgIpc) is 3.60. The van der Waals surface area contributed by atoms with E-state index in [2.05, 4.69) is 20.4 Å². The molecule has 1 unspecified atom stereocenters. The molecule has 5 aromatic rings. The second-order valence-corrected chi connectivity index (χ2v) is 9.96. The summed E-state index contributed by atoms with van der Waals surface area (Å²) in [6, 6.07) is 12.5. The number of carbonyl (C=O) groups is 2. The van der Waals surface area contributed by atoms with E-state index in [0.29, 0.717) is 22.3 Å². The number of alkyl halides is 3. The molecule has 0 fully saturated rings. The predicted octanol–water partition coefficient (Wildman–Crippen LogP) is 5.05. The van der Waals surface area contributed by atoms with E-state index >= 15 is 0 Å². The number of nitrogens with two attached hydrogens (primary N) is 1. The molecule has 4 aromatic heterocycles. The maximum atomic E-state index is 14.7. The van der Waals surface area contributed by atoms with E-state index in [0.717, 1.165) is 30.0 Å². The van der Waals surface area contributed by atoms with Gasteiger partial charge in [0.05, 0.1) is 27.4 Å². The number of fused-ring (bicyclic) bond motifs is 1. The third kappa shape index (κ3) is 5.34. The van der Waals surface area contributed by atoms with Gasteiger partial charge in [-0.15, -0.1) is 0 Å². The number of benzene rings is 1. The van der Waals surface area contributed by atoms with Crippen LogP contribution in [0, 0.1) is 17.0 Å². The number of nitro groups is 1. The Labute approximate surface area is 246 Å². The van der Waals surface area contributed by atoms with Crippen molar-refractivity contribution in [1.82, 2.24) is 24.8 Å². The molecule has 3 N–H and O–H groups in total. The summed E-state index contributed by atoms with van der Waals surface area (Å²) in [7, 11) is 0. The summed E-state index contributed by atoms with van der Waals surface area (Å²) >= 11 is 0. The fourth-order valence-electron chi connectivity index (χ4n) is 4.93. The number of aryl methyl sites for hydroxylation is 1. The van der Waals surface area contributed by atoms with Gasteiger partial charge in [-0.2, -0.15) is 28.6 Å². The van der Waals surface area contributed by atoms with E-state index in [9.17, 15) is 32.9 Å². The van der Waals surface area contributed by atoms with Gasteiger partial charge in [0.15, 0.2) is 0 Å². The second kappa shape index (κ2) is 11.2. The fraction of sp³-hybridized carbons (Fsp3) is 0.207. The molecule has 1 amide bonds. The first kappa shape index (κ1) is 29.9. The summed E-state index contributed by atoms with van der Waals surface area (Å²) in [6.07, 6.45) is -2.73. The number of primary amides is 1. The largest absolute Gasteiger partial charge is 0.439 e. The van der Waals surface area contributed by atoms with Crippen molar-refractivity contribution in [1.29, 1.82) is 0 Å². The third-order valence-corrected chi connectivity index (χ3v) is 7.20. The number of rotatable bonds is 9. The lowest BCUT2D eigenvalue weighted by molar-refractivity contribution is -0.384. The molecule has 44 heavy (non-hydrogen) atoms. The van der Waals surface area contributed by atoms with Crippen molar-refractivity contribution < 1.29 is 32.4 Å². The second-order valence-electron chi connectivity index (χ2n) is 9.96. The minimum atomic E-state index is -5.11. The smallest absolute Gasteiger partial charge is 0.434 e. The summed E-state index contributed by atoms with van der Waals surface area (Å²) in [5, 5.41) is 20.8. The monoisotopic (exact) mass is 607 g/mol. The van der Waals surface area contributed by atoms with Crippen LogP contribution in [0.1, 0.15) is 56.7 Å². The molecule has 5 rings (SSSR count). The molecule has 0 saturated carbocycles. The molecule has 0 aliphatic rings. The minimum absolute atomic E-state index is 0.130. The summed E-state index contributed by atoms with van der Waals surface area (Å²) in [5.74, 6) is -2.02. The highest BCUT2D eigenvalue weighted by Gasteiger charge is 2.61. The maximum absolute atomic E-state index is 14.7. The van der Waals surface area contributed by atoms with E-state index in [-0.39, 0.29) is 28.9 Å². The van der Waals surface area contributed by atoms with Crippen LogP contribution in [0.15, 0.2) is 67.0 Å². The molecule has 0 radical (unpaired) electrons. The van der Waals surface area contributed by atoms with Crippen molar-refractivity contribution in [3.05, 3.63) is 111 Å². The molecular formula is C29H24F3N7O5. The zero-order chi connectivity index (χ0) is 31.8. The molecule has 0 aliphatic carbocycles. The number of halogens is 3. The van der Waals surface area contributed by atoms with Gasteiger partial charge in [-0.1, -0.05) is 6.92 Å². The average molecular weight is 608 g/mol. The van der Waals surface area contributed by atoms with E-state index in [1.807, 2.05) is 6.92 Å². The SMILES string of the molecule is CCC(OC(=O)c1ccc([N+](=O)[O-])cc1)(c1n[nH]nc1Cc1ccn2c(-c3ccc(C)nc3)c(C(N)=O)cc2c1)C(F)(F)F. The molecule has 1 atom stereocenters. The number of nitrogens with one attached hydrogen (secondary N) is 1. The first-order chi connectivity index (χ1) is 20.8. The number of nitrogens with zero attached hydrogens (tertiary/aromatic N) is 5. The molecule has 15 heteroatoms. The van der Waals surface area contributed by atoms with Gasteiger partial charge >= 0.3 is 12.1 Å². The lowest BCUT2D eigenvalue weighted by Crippen LogP contribution is -2.47. The van der Waals surface area contributed by atoms with Crippen LogP contribution >= 0.6 is 0 Å². The first-order valence-electron chi connectivity index (χ1n) is 13.2. The molecular weight excluding hydrogens is 583 g/mol. The highest BCUT2D eigenvalue weighted by Crippen LogP contribution is 2.46. The van der Waals surface area contributed by atoms with E-state index < -0.39 is 40.7 Å². The number of non-ortho nitro benzene ring substituents is 1. The molecule has 0 aliphatic heterocycles. The van der Waals surface area contributed by atoms with Crippen molar-refractivity contribution in [2.75, 3.05) is 0 Å². The summed E-state index contributed by atoms with van der Waals surface area (Å²) in [5.41, 5.74) is 4.26. The number of aromatic nitrogens is 5. The molecule has 0 spiro atoms. The normalized spacial score (nSPS) is 13.0. The van der Waals surface area contributed by atoms with Crippen LogP contribution in [-0.4, -0.2) is 47.8 Å². The maximum Gasteiger partial charge on any atom is 0.434 e. The Kier molecular flexibility index (Phi) is 7.63. The number of carbonyl (C=O) groups excluding carboxylic acids is 2. The quantitative estimate of drug-likeness (QED) is 0.133. The number of ether oxygens (including phenoxy) is 1. The number of nitro benzene ring substituents is 1. The van der Waals surface area contributed by atoms with E-state index in [1.165, 1.54) is 6.92 Å². The Hall–Kier alpha value is -5.60. The predicted molar refractivity (Wildman–Crippen MR) is 150 cm³/mol. The Morgan fingerprint density at radius 1 is 1.09 bits per heavy atom. The zero-order valence-electron chi connectivity index (χ0n) is 23.3. The van der Waals surface area contributed by atoms with Gasteiger partial charge in [0.1, 0.15) is 5.69 Å². The molecule has 12 nitrogen and oxygen atoms in total. The molecule has 226 valence electrons. The van der Waals surface area contributed by atoms with Crippen molar-refractivity contribution in [3.8, 4) is 11.3 Å². The number of hydrogen-bond donors (Lipinski definition) is 2. The zero-order valence-corrected chi connectivity index (χ0v) is 23.3. The van der Waals surface area contributed by atoms with Crippen molar-refractivity contribution in [3.63, 3.8) is 0 Å². The van der Waals surface area contributed by atoms with Gasteiger partial charge in [-0.25, -0.2) is 4.79 Å². The Morgan fingerprint density at radius 3 is 2.41 bits per heavy atom. The van der Waals surface area contributed by atoms with Gasteiger partial charge in [0, 0.05) is 47.7 Å². The van der Waals surface area contributed by atoms with Crippen molar-refractivity contribution in [2.45, 2.75) is 38.5 Å². The molecule has 0 bridgehead atoms. The highest BCUT2D eigenvalue weighted by atomic mass is 19.4. The van der Waals surface area contributed by atoms with Gasteiger partial charge in [0.25, 0.3) is 17.2 Å². The van der Waals surface area contributed by atoms with Crippen LogP contribution < -0.4 is 5.73 Å². The summed E-state index contributed by atoms with van der Waals surface area (Å²) < 4.78 is 51.0. The van der Waals surface area contributed by atoms with E-state index in [4.69, 9.17) is 10.5 Å². The number of aromatic amines is 1. The third-order valence-electron chi connectivity index (χ3n) is 7.20. The summed E-state index contributed by atoms with van der Waals surface area (Å²) in [4.78, 5) is 39.7. The lowest BCUT2D eigenvalue weighted by atomic mass is 9.91. The van der Waals surface area contributed by atoms with Crippen LogP contribution in [0.2, 0.25) is 0 Å². The van der Waals surface area contributed by atoms with Crippen LogP contribution in [0.5, 0.6) is 0 Å². The van der Waals surface area contributed by atoms with E-state index in [1.54, 1.807) is 47.1 Å². The number of hydrogen-bond acceptors (Lipinski definition) is 8. The highest BCUT2D eigenvalue weighted by molar-refractivity contribution is 6.01. The van der Waals surface area contributed by atoms with Crippen LogP contribution in [0.25, 0.3) is 16.8 Å².